The lowest BCUT2D eigenvalue weighted by molar-refractivity contribution is -0.0228. The van der Waals surface area contributed by atoms with E-state index in [1.54, 1.807) is 29.2 Å². The third-order valence-electron chi connectivity index (χ3n) is 3.92. The highest BCUT2D eigenvalue weighted by atomic mass is 16.5. The van der Waals surface area contributed by atoms with E-state index in [-0.39, 0.29) is 12.0 Å². The summed E-state index contributed by atoms with van der Waals surface area (Å²) in [6, 6.07) is 15.9. The van der Waals surface area contributed by atoms with E-state index in [4.69, 9.17) is 10.5 Å². The van der Waals surface area contributed by atoms with Gasteiger partial charge in [0, 0.05) is 17.8 Å². The average Bonchev–Trinajstić information content (AvgIpc) is 2.62. The van der Waals surface area contributed by atoms with Crippen LogP contribution >= 0.6 is 0 Å². The number of nitrogens with two attached hydrogens (primary N) is 1. The molecule has 2 aromatic carbocycles. The molecular formula is C18H19N3O3. The molecular weight excluding hydrogens is 306 g/mol. The largest absolute Gasteiger partial charge is 0.370 e. The van der Waals surface area contributed by atoms with E-state index in [1.807, 2.05) is 30.3 Å². The highest BCUT2D eigenvalue weighted by molar-refractivity contribution is 5.95. The van der Waals surface area contributed by atoms with E-state index in [0.717, 1.165) is 5.56 Å². The van der Waals surface area contributed by atoms with Crippen molar-refractivity contribution in [1.29, 1.82) is 0 Å². The number of amides is 3. The number of morpholine rings is 1. The second-order valence-corrected chi connectivity index (χ2v) is 5.59. The minimum atomic E-state index is -0.632. The number of benzene rings is 2. The molecule has 0 radical (unpaired) electrons. The normalized spacial score (nSPS) is 17.3. The Bertz CT molecular complexity index is 716. The summed E-state index contributed by atoms with van der Waals surface area (Å²) < 4.78 is 5.79. The second kappa shape index (κ2) is 7.14. The van der Waals surface area contributed by atoms with Crippen LogP contribution in [0.3, 0.4) is 0 Å². The summed E-state index contributed by atoms with van der Waals surface area (Å²) in [5, 5.41) is 2.47. The monoisotopic (exact) mass is 325 g/mol. The molecule has 3 amide bonds. The van der Waals surface area contributed by atoms with Gasteiger partial charge in [-0.1, -0.05) is 30.3 Å². The minimum Gasteiger partial charge on any atom is -0.370 e. The third kappa shape index (κ3) is 3.72. The van der Waals surface area contributed by atoms with Crippen LogP contribution in [0.4, 0.5) is 10.5 Å². The van der Waals surface area contributed by atoms with E-state index in [0.29, 0.717) is 30.9 Å². The van der Waals surface area contributed by atoms with Gasteiger partial charge in [-0.05, 0) is 29.8 Å². The number of nitrogens with zero attached hydrogens (tertiary/aromatic N) is 1. The Kier molecular flexibility index (Phi) is 4.77. The molecule has 3 rings (SSSR count). The zero-order valence-corrected chi connectivity index (χ0v) is 13.1. The summed E-state index contributed by atoms with van der Waals surface area (Å²) in [7, 11) is 0. The van der Waals surface area contributed by atoms with Crippen molar-refractivity contribution < 1.29 is 14.3 Å². The number of primary amides is 1. The van der Waals surface area contributed by atoms with E-state index >= 15 is 0 Å². The third-order valence-corrected chi connectivity index (χ3v) is 3.92. The van der Waals surface area contributed by atoms with Gasteiger partial charge < -0.3 is 20.7 Å². The van der Waals surface area contributed by atoms with Gasteiger partial charge in [0.2, 0.25) is 0 Å². The quantitative estimate of drug-likeness (QED) is 0.908. The van der Waals surface area contributed by atoms with Crippen molar-refractivity contribution >= 4 is 17.6 Å². The summed E-state index contributed by atoms with van der Waals surface area (Å²) in [5.41, 5.74) is 7.26. The van der Waals surface area contributed by atoms with Crippen molar-refractivity contribution in [2.24, 2.45) is 5.73 Å². The highest BCUT2D eigenvalue weighted by Gasteiger charge is 2.25. The maximum atomic E-state index is 12.7. The summed E-state index contributed by atoms with van der Waals surface area (Å²) in [4.78, 5) is 25.3. The van der Waals surface area contributed by atoms with Crippen LogP contribution in [0.1, 0.15) is 22.0 Å². The molecule has 2 aromatic rings. The van der Waals surface area contributed by atoms with E-state index in [9.17, 15) is 9.59 Å². The zero-order chi connectivity index (χ0) is 16.9. The summed E-state index contributed by atoms with van der Waals surface area (Å²) >= 11 is 0. The smallest absolute Gasteiger partial charge is 0.316 e. The minimum absolute atomic E-state index is 0.0511. The molecule has 1 aliphatic rings. The summed E-state index contributed by atoms with van der Waals surface area (Å²) in [6.45, 7) is 1.58. The molecule has 1 saturated heterocycles. The standard InChI is InChI=1S/C18H19N3O3/c19-18(23)20-15-8-6-14(7-9-15)17(22)21-10-11-24-16(12-21)13-4-2-1-3-5-13/h1-9,16H,10-12H2,(H3,19,20,23). The van der Waals surface area contributed by atoms with E-state index < -0.39 is 6.03 Å². The number of carbonyl (C=O) groups is 2. The molecule has 0 aromatic heterocycles. The van der Waals surface area contributed by atoms with Crippen molar-refractivity contribution in [3.8, 4) is 0 Å². The van der Waals surface area contributed by atoms with E-state index in [1.165, 1.54) is 0 Å². The number of rotatable bonds is 3. The predicted molar refractivity (Wildman–Crippen MR) is 90.7 cm³/mol. The topological polar surface area (TPSA) is 84.7 Å². The lowest BCUT2D eigenvalue weighted by Gasteiger charge is -2.33. The van der Waals surface area contributed by atoms with E-state index in [2.05, 4.69) is 5.32 Å². The molecule has 0 saturated carbocycles. The number of hydrogen-bond acceptors (Lipinski definition) is 3. The Hall–Kier alpha value is -2.86. The molecule has 1 fully saturated rings. The van der Waals surface area contributed by atoms with Gasteiger partial charge in [-0.2, -0.15) is 0 Å². The number of hydrogen-bond donors (Lipinski definition) is 2. The fourth-order valence-electron chi connectivity index (χ4n) is 2.72. The molecule has 0 spiro atoms. The number of nitrogens with one attached hydrogen (secondary N) is 1. The van der Waals surface area contributed by atoms with Crippen LogP contribution in [0.15, 0.2) is 54.6 Å². The highest BCUT2D eigenvalue weighted by Crippen LogP contribution is 2.23. The SMILES string of the molecule is NC(=O)Nc1ccc(C(=O)N2CCOC(c3ccccc3)C2)cc1. The lowest BCUT2D eigenvalue weighted by atomic mass is 10.1. The number of anilines is 1. The molecule has 3 N–H and O–H groups in total. The van der Waals surface area contributed by atoms with Crippen molar-refractivity contribution in [3.05, 3.63) is 65.7 Å². The molecule has 24 heavy (non-hydrogen) atoms. The van der Waals surface area contributed by atoms with Crippen LogP contribution in [-0.2, 0) is 4.74 Å². The van der Waals surface area contributed by atoms with Crippen LogP contribution in [0, 0.1) is 0 Å². The summed E-state index contributed by atoms with van der Waals surface area (Å²) in [6.07, 6.45) is -0.111. The zero-order valence-electron chi connectivity index (χ0n) is 13.1. The average molecular weight is 325 g/mol. The van der Waals surface area contributed by atoms with Gasteiger partial charge >= 0.3 is 6.03 Å². The van der Waals surface area contributed by atoms with Crippen LogP contribution < -0.4 is 11.1 Å². The Morgan fingerprint density at radius 3 is 2.46 bits per heavy atom. The van der Waals surface area contributed by atoms with Crippen molar-refractivity contribution in [1.82, 2.24) is 4.90 Å². The molecule has 0 aliphatic carbocycles. The molecule has 1 aliphatic heterocycles. The number of urea groups is 1. The maximum absolute atomic E-state index is 12.7. The van der Waals surface area contributed by atoms with Gasteiger partial charge in [-0.3, -0.25) is 4.79 Å². The van der Waals surface area contributed by atoms with Crippen LogP contribution in [0.25, 0.3) is 0 Å². The first-order chi connectivity index (χ1) is 11.6. The Morgan fingerprint density at radius 1 is 1.08 bits per heavy atom. The Morgan fingerprint density at radius 2 is 1.79 bits per heavy atom. The van der Waals surface area contributed by atoms with Crippen molar-refractivity contribution in [3.63, 3.8) is 0 Å². The van der Waals surface area contributed by atoms with Crippen LogP contribution in [-0.4, -0.2) is 36.5 Å². The van der Waals surface area contributed by atoms with Gasteiger partial charge in [0.25, 0.3) is 5.91 Å². The maximum Gasteiger partial charge on any atom is 0.316 e. The summed E-state index contributed by atoms with van der Waals surface area (Å²) in [5.74, 6) is -0.0511. The molecule has 0 bridgehead atoms. The molecule has 6 nitrogen and oxygen atoms in total. The lowest BCUT2D eigenvalue weighted by Crippen LogP contribution is -2.42. The fraction of sp³-hybridized carbons (Fsp3) is 0.222. The Labute approximate surface area is 140 Å². The first-order valence-corrected chi connectivity index (χ1v) is 7.76. The molecule has 1 unspecified atom stereocenters. The first kappa shape index (κ1) is 16.0. The van der Waals surface area contributed by atoms with Gasteiger partial charge in [0.15, 0.2) is 0 Å². The van der Waals surface area contributed by atoms with Crippen LogP contribution in [0.5, 0.6) is 0 Å². The predicted octanol–water partition coefficient (Wildman–Crippen LogP) is 2.39. The van der Waals surface area contributed by atoms with Gasteiger partial charge in [-0.15, -0.1) is 0 Å². The molecule has 6 heteroatoms. The Balaban J connectivity index is 1.69. The fourth-order valence-corrected chi connectivity index (χ4v) is 2.72. The molecule has 124 valence electrons. The second-order valence-electron chi connectivity index (χ2n) is 5.59. The van der Waals surface area contributed by atoms with Gasteiger partial charge in [0.1, 0.15) is 6.10 Å². The van der Waals surface area contributed by atoms with Crippen molar-refractivity contribution in [2.75, 3.05) is 25.0 Å². The number of carbonyl (C=O) groups excluding carboxylic acids is 2. The van der Waals surface area contributed by atoms with Crippen molar-refractivity contribution in [2.45, 2.75) is 6.10 Å². The van der Waals surface area contributed by atoms with Crippen LogP contribution in [0.2, 0.25) is 0 Å². The van der Waals surface area contributed by atoms with Gasteiger partial charge in [0.05, 0.1) is 13.2 Å². The molecule has 1 heterocycles. The first-order valence-electron chi connectivity index (χ1n) is 7.76. The van der Waals surface area contributed by atoms with Gasteiger partial charge in [-0.25, -0.2) is 4.79 Å². The number of ether oxygens (including phenoxy) is 1. The molecule has 1 atom stereocenters.